The normalized spacial score (nSPS) is 21.5. The van der Waals surface area contributed by atoms with Crippen molar-refractivity contribution < 1.29 is 4.79 Å². The lowest BCUT2D eigenvalue weighted by Crippen LogP contribution is -2.45. The van der Waals surface area contributed by atoms with E-state index in [1.165, 1.54) is 50.0 Å². The van der Waals surface area contributed by atoms with E-state index in [0.717, 1.165) is 36.4 Å². The van der Waals surface area contributed by atoms with Gasteiger partial charge in [-0.1, -0.05) is 18.9 Å². The molecule has 150 valence electrons. The second-order valence-corrected chi connectivity index (χ2v) is 8.36. The molecular formula is C20H33N5OS. The molecule has 27 heavy (non-hydrogen) atoms. The fourth-order valence-electron chi connectivity index (χ4n) is 3.99. The lowest BCUT2D eigenvalue weighted by Gasteiger charge is -2.24. The molecular weight excluding hydrogens is 358 g/mol. The van der Waals surface area contributed by atoms with Crippen LogP contribution < -0.4 is 16.0 Å². The summed E-state index contributed by atoms with van der Waals surface area (Å²) in [7, 11) is 0. The summed E-state index contributed by atoms with van der Waals surface area (Å²) >= 11 is 1.47. The first-order valence-electron chi connectivity index (χ1n) is 10.4. The number of carbonyl (C=O) groups excluding carboxylic acids is 1. The van der Waals surface area contributed by atoms with Gasteiger partial charge in [-0.2, -0.15) is 0 Å². The highest BCUT2D eigenvalue weighted by Gasteiger charge is 2.30. The topological polar surface area (TPSA) is 68.8 Å². The van der Waals surface area contributed by atoms with Crippen molar-refractivity contribution in [2.45, 2.75) is 57.5 Å². The number of thiophene rings is 1. The molecule has 1 aliphatic carbocycles. The Balaban J connectivity index is 1.37. The van der Waals surface area contributed by atoms with E-state index in [0.29, 0.717) is 19.1 Å². The summed E-state index contributed by atoms with van der Waals surface area (Å²) in [5, 5.41) is 11.8. The van der Waals surface area contributed by atoms with Crippen molar-refractivity contribution in [2.24, 2.45) is 4.99 Å². The number of hydrogen-bond donors (Lipinski definition) is 3. The average molecular weight is 392 g/mol. The highest BCUT2D eigenvalue weighted by atomic mass is 32.1. The molecule has 1 amide bonds. The summed E-state index contributed by atoms with van der Waals surface area (Å²) in [5.74, 6) is 0.914. The number of guanidine groups is 1. The zero-order valence-corrected chi connectivity index (χ0v) is 17.2. The van der Waals surface area contributed by atoms with E-state index in [1.807, 2.05) is 17.5 Å². The number of aliphatic imine (C=N–C) groups is 1. The Morgan fingerprint density at radius 1 is 1.30 bits per heavy atom. The largest absolute Gasteiger partial charge is 0.357 e. The molecule has 0 bridgehead atoms. The van der Waals surface area contributed by atoms with Crippen LogP contribution in [0.1, 0.15) is 55.1 Å². The third-order valence-corrected chi connectivity index (χ3v) is 6.25. The zero-order chi connectivity index (χ0) is 18.9. The van der Waals surface area contributed by atoms with Gasteiger partial charge < -0.3 is 16.0 Å². The number of amides is 1. The molecule has 7 heteroatoms. The monoisotopic (exact) mass is 391 g/mol. The molecule has 1 aromatic heterocycles. The fourth-order valence-corrected chi connectivity index (χ4v) is 4.63. The van der Waals surface area contributed by atoms with Gasteiger partial charge in [0.25, 0.3) is 5.91 Å². The maximum absolute atomic E-state index is 11.9. The molecule has 1 unspecified atom stereocenters. The van der Waals surface area contributed by atoms with E-state index < -0.39 is 0 Å². The van der Waals surface area contributed by atoms with Gasteiger partial charge in [0.05, 0.1) is 4.88 Å². The molecule has 3 N–H and O–H groups in total. The number of nitrogens with one attached hydrogen (secondary N) is 3. The van der Waals surface area contributed by atoms with Crippen LogP contribution in [0.3, 0.4) is 0 Å². The van der Waals surface area contributed by atoms with Gasteiger partial charge in [-0.15, -0.1) is 11.3 Å². The summed E-state index contributed by atoms with van der Waals surface area (Å²) < 4.78 is 0. The summed E-state index contributed by atoms with van der Waals surface area (Å²) in [6.07, 6.45) is 7.57. The predicted octanol–water partition coefficient (Wildman–Crippen LogP) is 2.44. The first-order chi connectivity index (χ1) is 13.3. The summed E-state index contributed by atoms with van der Waals surface area (Å²) in [5.41, 5.74) is 0. The van der Waals surface area contributed by atoms with Crippen molar-refractivity contribution in [3.63, 3.8) is 0 Å². The third kappa shape index (κ3) is 6.21. The molecule has 1 atom stereocenters. The standard InChI is InChI=1S/C20H33N5OS/c1-2-21-20(23-12-6-11-22-19(26)18-9-5-14-27-18)24-16-10-13-25(15-16)17-7-3-4-8-17/h5,9,14,16-17H,2-4,6-8,10-13,15H2,1H3,(H,22,26)(H2,21,23,24). The smallest absolute Gasteiger partial charge is 0.261 e. The lowest BCUT2D eigenvalue weighted by atomic mass is 10.2. The molecule has 6 nitrogen and oxygen atoms in total. The van der Waals surface area contributed by atoms with Crippen molar-refractivity contribution >= 4 is 23.2 Å². The van der Waals surface area contributed by atoms with Gasteiger partial charge in [0.1, 0.15) is 0 Å². The van der Waals surface area contributed by atoms with Gasteiger partial charge in [0.15, 0.2) is 5.96 Å². The van der Waals surface area contributed by atoms with Crippen LogP contribution >= 0.6 is 11.3 Å². The Kier molecular flexibility index (Phi) is 7.95. The van der Waals surface area contributed by atoms with Gasteiger partial charge in [-0.3, -0.25) is 14.7 Å². The van der Waals surface area contributed by atoms with Gasteiger partial charge in [0.2, 0.25) is 0 Å². The molecule has 2 heterocycles. The van der Waals surface area contributed by atoms with Crippen LogP contribution in [-0.2, 0) is 0 Å². The summed E-state index contributed by atoms with van der Waals surface area (Å²) in [6.45, 7) is 6.65. The Hall–Kier alpha value is -1.60. The van der Waals surface area contributed by atoms with E-state index in [4.69, 9.17) is 0 Å². The highest BCUT2D eigenvalue weighted by Crippen LogP contribution is 2.26. The highest BCUT2D eigenvalue weighted by molar-refractivity contribution is 7.12. The van der Waals surface area contributed by atoms with Crippen LogP contribution in [0.15, 0.2) is 22.5 Å². The SMILES string of the molecule is CCNC(=NCCCNC(=O)c1cccs1)NC1CCN(C2CCCC2)C1. The maximum atomic E-state index is 11.9. The van der Waals surface area contributed by atoms with Crippen LogP contribution in [0.4, 0.5) is 0 Å². The fraction of sp³-hybridized carbons (Fsp3) is 0.700. The minimum Gasteiger partial charge on any atom is -0.357 e. The quantitative estimate of drug-likeness (QED) is 0.362. The van der Waals surface area contributed by atoms with Gasteiger partial charge in [-0.05, 0) is 44.1 Å². The first-order valence-corrected chi connectivity index (χ1v) is 11.2. The van der Waals surface area contributed by atoms with Crippen LogP contribution in [0, 0.1) is 0 Å². The number of carbonyl (C=O) groups is 1. The van der Waals surface area contributed by atoms with Crippen LogP contribution in [0.5, 0.6) is 0 Å². The minimum atomic E-state index is 0.0111. The van der Waals surface area contributed by atoms with Gasteiger partial charge in [0, 0.05) is 44.8 Å². The zero-order valence-electron chi connectivity index (χ0n) is 16.4. The second kappa shape index (κ2) is 10.7. The van der Waals surface area contributed by atoms with Gasteiger partial charge in [-0.25, -0.2) is 0 Å². The number of rotatable bonds is 8. The molecule has 0 aromatic carbocycles. The predicted molar refractivity (Wildman–Crippen MR) is 113 cm³/mol. The Bertz CT molecular complexity index is 598. The van der Waals surface area contributed by atoms with Crippen molar-refractivity contribution in [2.75, 3.05) is 32.7 Å². The van der Waals surface area contributed by atoms with Crippen LogP contribution in [-0.4, -0.2) is 61.6 Å². The number of likely N-dealkylation sites (tertiary alicyclic amines) is 1. The van der Waals surface area contributed by atoms with Crippen LogP contribution in [0.2, 0.25) is 0 Å². The van der Waals surface area contributed by atoms with Crippen molar-refractivity contribution in [1.29, 1.82) is 0 Å². The average Bonchev–Trinajstić information content (AvgIpc) is 3.42. The van der Waals surface area contributed by atoms with Crippen molar-refractivity contribution in [3.05, 3.63) is 22.4 Å². The molecule has 1 saturated heterocycles. The Labute approximate surface area is 166 Å². The minimum absolute atomic E-state index is 0.0111. The van der Waals surface area contributed by atoms with E-state index >= 15 is 0 Å². The van der Waals surface area contributed by atoms with E-state index in [-0.39, 0.29) is 5.91 Å². The van der Waals surface area contributed by atoms with E-state index in [2.05, 4.69) is 32.8 Å². The molecule has 2 fully saturated rings. The van der Waals surface area contributed by atoms with Crippen molar-refractivity contribution in [1.82, 2.24) is 20.9 Å². The summed E-state index contributed by atoms with van der Waals surface area (Å²) in [6, 6.07) is 5.04. The molecule has 1 aliphatic heterocycles. The maximum Gasteiger partial charge on any atom is 0.261 e. The Morgan fingerprint density at radius 3 is 2.89 bits per heavy atom. The van der Waals surface area contributed by atoms with E-state index in [9.17, 15) is 4.79 Å². The molecule has 0 radical (unpaired) electrons. The number of nitrogens with zero attached hydrogens (tertiary/aromatic N) is 2. The molecule has 1 aromatic rings. The number of hydrogen-bond acceptors (Lipinski definition) is 4. The third-order valence-electron chi connectivity index (χ3n) is 5.38. The van der Waals surface area contributed by atoms with Gasteiger partial charge >= 0.3 is 0 Å². The van der Waals surface area contributed by atoms with Crippen LogP contribution in [0.25, 0.3) is 0 Å². The van der Waals surface area contributed by atoms with Crippen molar-refractivity contribution in [3.8, 4) is 0 Å². The summed E-state index contributed by atoms with van der Waals surface area (Å²) in [4.78, 5) is 20.0. The molecule has 1 saturated carbocycles. The Morgan fingerprint density at radius 2 is 2.15 bits per heavy atom. The second-order valence-electron chi connectivity index (χ2n) is 7.41. The lowest BCUT2D eigenvalue weighted by molar-refractivity contribution is 0.0957. The first kappa shape index (κ1) is 20.1. The molecule has 2 aliphatic rings. The molecule has 0 spiro atoms. The van der Waals surface area contributed by atoms with E-state index in [1.54, 1.807) is 0 Å². The molecule has 3 rings (SSSR count).